The molecule has 3 fully saturated rings. The highest BCUT2D eigenvalue weighted by Gasteiger charge is 2.41. The molecule has 1 aromatic carbocycles. The zero-order valence-electron chi connectivity index (χ0n) is 16.2. The molecule has 2 bridgehead atoms. The molecule has 5 rings (SSSR count). The van der Waals surface area contributed by atoms with Gasteiger partial charge >= 0.3 is 0 Å². The Hall–Kier alpha value is -1.46. The van der Waals surface area contributed by atoms with Gasteiger partial charge in [0.1, 0.15) is 5.82 Å². The zero-order chi connectivity index (χ0) is 18.4. The molecule has 5 heteroatoms. The molecule has 3 aliphatic rings. The van der Waals surface area contributed by atoms with E-state index in [9.17, 15) is 4.39 Å². The minimum Gasteiger partial charge on any atom is -0.378 e. The molecule has 2 saturated heterocycles. The van der Waals surface area contributed by atoms with Crippen LogP contribution < -0.4 is 0 Å². The Bertz CT molecular complexity index is 788. The molecule has 0 amide bonds. The van der Waals surface area contributed by atoms with Gasteiger partial charge in [0, 0.05) is 37.2 Å². The monoisotopic (exact) mass is 371 g/mol. The standard InChI is InChI=1S/C22H30FN3O/c1-15(13-26-22-8-18(23)5-4-17(22)11-24-26)12-25-19-6-7-20(25)10-21(9-19)27-14-16-2-3-16/h4-5,8,11,15-16,19-21H,2-3,6-7,9-10,12-14H2,1H3/t15-,19-,20+,21+/m1/s1. The van der Waals surface area contributed by atoms with Crippen molar-refractivity contribution < 1.29 is 9.13 Å². The van der Waals surface area contributed by atoms with E-state index in [1.807, 2.05) is 16.9 Å². The van der Waals surface area contributed by atoms with E-state index in [0.29, 0.717) is 24.1 Å². The highest BCUT2D eigenvalue weighted by Crippen LogP contribution is 2.38. The van der Waals surface area contributed by atoms with Crippen LogP contribution in [-0.2, 0) is 11.3 Å². The Morgan fingerprint density at radius 1 is 1.15 bits per heavy atom. The molecule has 1 aromatic heterocycles. The molecule has 4 atom stereocenters. The van der Waals surface area contributed by atoms with Gasteiger partial charge in [0.25, 0.3) is 0 Å². The fourth-order valence-corrected chi connectivity index (χ4v) is 5.12. The number of hydrogen-bond donors (Lipinski definition) is 0. The number of rotatable bonds is 7. The predicted molar refractivity (Wildman–Crippen MR) is 104 cm³/mol. The number of ether oxygens (including phenoxy) is 1. The Morgan fingerprint density at radius 3 is 2.67 bits per heavy atom. The van der Waals surface area contributed by atoms with Crippen LogP contribution in [0.25, 0.3) is 10.9 Å². The van der Waals surface area contributed by atoms with Gasteiger partial charge in [-0.05, 0) is 68.6 Å². The summed E-state index contributed by atoms with van der Waals surface area (Å²) < 4.78 is 21.8. The third-order valence-electron chi connectivity index (χ3n) is 6.72. The van der Waals surface area contributed by atoms with Crippen LogP contribution in [-0.4, -0.2) is 46.0 Å². The number of nitrogens with zero attached hydrogens (tertiary/aromatic N) is 3. The van der Waals surface area contributed by atoms with Crippen molar-refractivity contribution in [2.45, 2.75) is 70.2 Å². The molecule has 0 N–H and O–H groups in total. The number of aromatic nitrogens is 2. The summed E-state index contributed by atoms with van der Waals surface area (Å²) in [5.41, 5.74) is 0.900. The van der Waals surface area contributed by atoms with E-state index in [0.717, 1.165) is 36.5 Å². The van der Waals surface area contributed by atoms with Gasteiger partial charge in [-0.3, -0.25) is 9.58 Å². The lowest BCUT2D eigenvalue weighted by molar-refractivity contribution is -0.0276. The van der Waals surface area contributed by atoms with Gasteiger partial charge in [-0.2, -0.15) is 5.10 Å². The van der Waals surface area contributed by atoms with E-state index < -0.39 is 0 Å². The van der Waals surface area contributed by atoms with Crippen LogP contribution in [0.1, 0.15) is 45.4 Å². The van der Waals surface area contributed by atoms with Gasteiger partial charge in [0.2, 0.25) is 0 Å². The molecule has 1 saturated carbocycles. The molecule has 2 aromatic rings. The van der Waals surface area contributed by atoms with Crippen molar-refractivity contribution in [1.29, 1.82) is 0 Å². The van der Waals surface area contributed by atoms with Crippen LogP contribution in [0.4, 0.5) is 4.39 Å². The van der Waals surface area contributed by atoms with Crippen LogP contribution in [0.5, 0.6) is 0 Å². The van der Waals surface area contributed by atoms with Gasteiger partial charge in [-0.1, -0.05) is 6.92 Å². The van der Waals surface area contributed by atoms with Crippen molar-refractivity contribution >= 4 is 10.9 Å². The Balaban J connectivity index is 1.19. The molecule has 0 spiro atoms. The highest BCUT2D eigenvalue weighted by molar-refractivity contribution is 5.78. The van der Waals surface area contributed by atoms with Crippen LogP contribution in [0, 0.1) is 17.7 Å². The van der Waals surface area contributed by atoms with Crippen molar-refractivity contribution in [3.63, 3.8) is 0 Å². The average molecular weight is 372 g/mol. The fraction of sp³-hybridized carbons (Fsp3) is 0.682. The van der Waals surface area contributed by atoms with E-state index in [-0.39, 0.29) is 5.82 Å². The molecule has 3 heterocycles. The molecule has 27 heavy (non-hydrogen) atoms. The smallest absolute Gasteiger partial charge is 0.125 e. The molecule has 0 radical (unpaired) electrons. The first-order chi connectivity index (χ1) is 13.2. The Kier molecular flexibility index (Phi) is 4.68. The normalized spacial score (nSPS) is 29.5. The van der Waals surface area contributed by atoms with Crippen molar-refractivity contribution in [1.82, 2.24) is 14.7 Å². The van der Waals surface area contributed by atoms with Crippen LogP contribution in [0.15, 0.2) is 24.4 Å². The number of hydrogen-bond acceptors (Lipinski definition) is 3. The lowest BCUT2D eigenvalue weighted by atomic mass is 9.98. The first-order valence-corrected chi connectivity index (χ1v) is 10.6. The van der Waals surface area contributed by atoms with Gasteiger partial charge in [0.05, 0.1) is 17.8 Å². The average Bonchev–Trinajstić information content (AvgIpc) is 3.37. The SMILES string of the molecule is C[C@H](CN1[C@@H]2CC[C@H]1C[C@@H](OCC1CC1)C2)Cn1ncc2ccc(F)cc21. The fourth-order valence-electron chi connectivity index (χ4n) is 5.12. The van der Waals surface area contributed by atoms with Crippen molar-refractivity contribution in [3.8, 4) is 0 Å². The zero-order valence-corrected chi connectivity index (χ0v) is 16.2. The number of piperidine rings is 1. The summed E-state index contributed by atoms with van der Waals surface area (Å²) in [7, 11) is 0. The second kappa shape index (κ2) is 7.17. The maximum absolute atomic E-state index is 13.6. The largest absolute Gasteiger partial charge is 0.378 e. The first-order valence-electron chi connectivity index (χ1n) is 10.6. The summed E-state index contributed by atoms with van der Waals surface area (Å²) in [6.45, 7) is 5.22. The summed E-state index contributed by atoms with van der Waals surface area (Å²) in [5.74, 6) is 1.15. The second-order valence-electron chi connectivity index (χ2n) is 9.09. The highest BCUT2D eigenvalue weighted by atomic mass is 19.1. The van der Waals surface area contributed by atoms with Crippen LogP contribution in [0.2, 0.25) is 0 Å². The van der Waals surface area contributed by atoms with E-state index in [1.54, 1.807) is 6.07 Å². The van der Waals surface area contributed by atoms with Gasteiger partial charge in [-0.25, -0.2) is 4.39 Å². The topological polar surface area (TPSA) is 30.3 Å². The Morgan fingerprint density at radius 2 is 1.93 bits per heavy atom. The third-order valence-corrected chi connectivity index (χ3v) is 6.72. The van der Waals surface area contributed by atoms with Gasteiger partial charge in [0.15, 0.2) is 0 Å². The maximum atomic E-state index is 13.6. The number of benzene rings is 1. The van der Waals surface area contributed by atoms with E-state index in [1.165, 1.54) is 44.6 Å². The lowest BCUT2D eigenvalue weighted by Crippen LogP contribution is -2.47. The second-order valence-corrected chi connectivity index (χ2v) is 9.09. The van der Waals surface area contributed by atoms with Crippen molar-refractivity contribution in [2.75, 3.05) is 13.2 Å². The van der Waals surface area contributed by atoms with Gasteiger partial charge < -0.3 is 4.74 Å². The predicted octanol–water partition coefficient (Wildman–Crippen LogP) is 4.23. The summed E-state index contributed by atoms with van der Waals surface area (Å²) in [6.07, 6.45) is 10.1. The quantitative estimate of drug-likeness (QED) is 0.729. The lowest BCUT2D eigenvalue weighted by Gasteiger charge is -2.40. The summed E-state index contributed by atoms with van der Waals surface area (Å²) in [5, 5.41) is 5.50. The van der Waals surface area contributed by atoms with Gasteiger partial charge in [-0.15, -0.1) is 0 Å². The first kappa shape index (κ1) is 17.6. The van der Waals surface area contributed by atoms with E-state index in [4.69, 9.17) is 4.74 Å². The molecular formula is C22H30FN3O. The van der Waals surface area contributed by atoms with E-state index in [2.05, 4.69) is 16.9 Å². The molecule has 4 nitrogen and oxygen atoms in total. The van der Waals surface area contributed by atoms with Crippen molar-refractivity contribution in [3.05, 3.63) is 30.2 Å². The molecule has 2 aliphatic heterocycles. The minimum atomic E-state index is -0.191. The maximum Gasteiger partial charge on any atom is 0.125 e. The number of fused-ring (bicyclic) bond motifs is 3. The summed E-state index contributed by atoms with van der Waals surface area (Å²) in [4.78, 5) is 2.73. The van der Waals surface area contributed by atoms with Crippen LogP contribution in [0.3, 0.4) is 0 Å². The molecule has 1 aliphatic carbocycles. The van der Waals surface area contributed by atoms with Crippen LogP contribution >= 0.6 is 0 Å². The summed E-state index contributed by atoms with van der Waals surface area (Å²) >= 11 is 0. The molecule has 146 valence electrons. The third kappa shape index (κ3) is 3.77. The minimum absolute atomic E-state index is 0.191. The number of halogens is 1. The summed E-state index contributed by atoms with van der Waals surface area (Å²) in [6, 6.07) is 6.28. The van der Waals surface area contributed by atoms with E-state index >= 15 is 0 Å². The van der Waals surface area contributed by atoms with Crippen molar-refractivity contribution in [2.24, 2.45) is 11.8 Å². The molecular weight excluding hydrogens is 341 g/mol. The molecule has 0 unspecified atom stereocenters. The Labute approximate surface area is 160 Å².